The summed E-state index contributed by atoms with van der Waals surface area (Å²) < 4.78 is 33.6. The lowest BCUT2D eigenvalue weighted by Crippen LogP contribution is -2.48. The highest BCUT2D eigenvalue weighted by molar-refractivity contribution is 8.24. The monoisotopic (exact) mass is 523 g/mol. The summed E-state index contributed by atoms with van der Waals surface area (Å²) in [6.45, 7) is 5.58. The predicted octanol–water partition coefficient (Wildman–Crippen LogP) is 2.82. The number of imidazole rings is 1. The van der Waals surface area contributed by atoms with Crippen molar-refractivity contribution in [3.63, 3.8) is 0 Å². The lowest BCUT2D eigenvalue weighted by Gasteiger charge is -2.34. The largest absolute Gasteiger partial charge is 0.490 e. The van der Waals surface area contributed by atoms with Gasteiger partial charge in [-0.15, -0.1) is 4.40 Å². The predicted molar refractivity (Wildman–Crippen MR) is 140 cm³/mol. The van der Waals surface area contributed by atoms with Gasteiger partial charge < -0.3 is 15.8 Å². The molecule has 14 heteroatoms. The zero-order valence-electron chi connectivity index (χ0n) is 20.2. The molecule has 0 bridgehead atoms. The number of amidine groups is 1. The topological polar surface area (TPSA) is 186 Å². The minimum absolute atomic E-state index is 0.0528. The molecule has 0 radical (unpaired) electrons. The molecular weight excluding hydrogens is 498 g/mol. The Morgan fingerprint density at radius 1 is 1.22 bits per heavy atom. The van der Waals surface area contributed by atoms with E-state index in [4.69, 9.17) is 10.5 Å². The number of aromatic nitrogens is 5. The highest BCUT2D eigenvalue weighted by atomic mass is 32.3. The number of carbonyl (C=O) groups excluding carboxylic acids is 1. The molecule has 1 aliphatic rings. The lowest BCUT2D eigenvalue weighted by molar-refractivity contribution is 0.0880. The maximum atomic E-state index is 13.1. The molecule has 0 saturated heterocycles. The Labute approximate surface area is 213 Å². The number of amides is 1. The van der Waals surface area contributed by atoms with Gasteiger partial charge in [-0.25, -0.2) is 19.9 Å². The molecule has 6 N–H and O–H groups in total. The molecule has 13 nitrogen and oxygen atoms in total. The second-order valence-electron chi connectivity index (χ2n) is 9.05. The number of fused-ring (bicyclic) bond motifs is 2. The highest BCUT2D eigenvalue weighted by Gasteiger charge is 2.27. The molecule has 3 aromatic heterocycles. The summed E-state index contributed by atoms with van der Waals surface area (Å²) in [5.74, 6) is 0.507. The quantitative estimate of drug-likeness (QED) is 0.252. The molecule has 192 valence electrons. The maximum Gasteiger partial charge on any atom is 0.252 e. The first-order chi connectivity index (χ1) is 17.5. The van der Waals surface area contributed by atoms with E-state index in [9.17, 15) is 13.9 Å². The Kier molecular flexibility index (Phi) is 5.94. The molecule has 0 unspecified atom stereocenters. The summed E-state index contributed by atoms with van der Waals surface area (Å²) in [7, 11) is -3.40. The van der Waals surface area contributed by atoms with Gasteiger partial charge in [-0.2, -0.15) is 0 Å². The Morgan fingerprint density at radius 3 is 2.84 bits per heavy atom. The number of rotatable bonds is 6. The molecule has 0 atom stereocenters. The fraction of sp³-hybridized carbons (Fsp3) is 0.217. The van der Waals surface area contributed by atoms with E-state index in [1.165, 1.54) is 6.33 Å². The van der Waals surface area contributed by atoms with Gasteiger partial charge in [-0.3, -0.25) is 23.2 Å². The van der Waals surface area contributed by atoms with Crippen LogP contribution in [0.5, 0.6) is 5.75 Å². The van der Waals surface area contributed by atoms with Crippen molar-refractivity contribution in [1.82, 2.24) is 29.8 Å². The highest BCUT2D eigenvalue weighted by Crippen LogP contribution is 2.46. The summed E-state index contributed by atoms with van der Waals surface area (Å²) in [6.07, 6.45) is 4.60. The van der Waals surface area contributed by atoms with Crippen LogP contribution < -0.4 is 20.5 Å². The van der Waals surface area contributed by atoms with Crippen LogP contribution in [0.1, 0.15) is 35.5 Å². The van der Waals surface area contributed by atoms with Crippen molar-refractivity contribution >= 4 is 39.6 Å². The second kappa shape index (κ2) is 8.99. The number of carbonyl (C=O) groups is 1. The molecule has 1 amide bonds. The number of nitrogens with one attached hydrogen (secondary N) is 2. The average Bonchev–Trinajstić information content (AvgIpc) is 3.27. The summed E-state index contributed by atoms with van der Waals surface area (Å²) >= 11 is 0. The molecule has 4 aromatic rings. The van der Waals surface area contributed by atoms with Crippen LogP contribution in [-0.2, 0) is 0 Å². The van der Waals surface area contributed by atoms with Gasteiger partial charge in [-0.05, 0) is 56.0 Å². The fourth-order valence-electron chi connectivity index (χ4n) is 3.84. The zero-order valence-corrected chi connectivity index (χ0v) is 21.0. The third kappa shape index (κ3) is 4.89. The normalized spacial score (nSPS) is 15.3. The van der Waals surface area contributed by atoms with Crippen molar-refractivity contribution in [2.75, 3.05) is 11.3 Å². The van der Waals surface area contributed by atoms with E-state index in [-0.39, 0.29) is 18.3 Å². The number of nitrogens with two attached hydrogens (primary N) is 1. The van der Waals surface area contributed by atoms with Crippen LogP contribution in [0.25, 0.3) is 17.0 Å². The molecule has 4 heterocycles. The molecule has 0 fully saturated rings. The van der Waals surface area contributed by atoms with Gasteiger partial charge in [0.1, 0.15) is 36.3 Å². The molecule has 1 aromatic carbocycles. The first-order valence-corrected chi connectivity index (χ1v) is 12.6. The Hall–Kier alpha value is -4.27. The van der Waals surface area contributed by atoms with Gasteiger partial charge >= 0.3 is 0 Å². The maximum absolute atomic E-state index is 13.1. The van der Waals surface area contributed by atoms with Crippen LogP contribution in [-0.4, -0.2) is 57.5 Å². The second-order valence-corrected chi connectivity index (χ2v) is 10.5. The van der Waals surface area contributed by atoms with E-state index in [1.54, 1.807) is 47.4 Å². The molecule has 0 spiro atoms. The van der Waals surface area contributed by atoms with E-state index in [2.05, 4.69) is 34.4 Å². The van der Waals surface area contributed by atoms with E-state index in [0.29, 0.717) is 39.5 Å². The number of aryl methyl sites for hydroxylation is 1. The molecule has 0 saturated carbocycles. The summed E-state index contributed by atoms with van der Waals surface area (Å²) in [5, 5.41) is 2.97. The summed E-state index contributed by atoms with van der Waals surface area (Å²) in [4.78, 5) is 30.3. The molecule has 37 heavy (non-hydrogen) atoms. The fourth-order valence-corrected chi connectivity index (χ4v) is 4.71. The standard InChI is InChI=1S/C23H25N9O4S/c1-13-19-21(27-11-26-13)32(12-28-19)17-9-14(7-8-25-17)22(33)29-23(2,3)10-36-16-6-4-5-15-18(16)20(24)31-37(34,35)30-15/h4-9,11-12,30,34-35H,10H2,1-3H3,(H2,24,31)(H,29,33). The minimum Gasteiger partial charge on any atom is -0.490 e. The van der Waals surface area contributed by atoms with Gasteiger partial charge in [0.05, 0.1) is 22.5 Å². The van der Waals surface area contributed by atoms with E-state index < -0.39 is 16.5 Å². The van der Waals surface area contributed by atoms with E-state index >= 15 is 0 Å². The molecule has 1 aliphatic heterocycles. The first-order valence-electron chi connectivity index (χ1n) is 11.1. The van der Waals surface area contributed by atoms with Crippen molar-refractivity contribution in [3.05, 3.63) is 66.0 Å². The number of hydrogen-bond donors (Lipinski definition) is 5. The van der Waals surface area contributed by atoms with Crippen molar-refractivity contribution in [3.8, 4) is 11.6 Å². The van der Waals surface area contributed by atoms with Crippen LogP contribution in [0.2, 0.25) is 0 Å². The Bertz CT molecular complexity index is 1550. The summed E-state index contributed by atoms with van der Waals surface area (Å²) in [5.41, 5.74) is 8.38. The van der Waals surface area contributed by atoms with Crippen LogP contribution >= 0.6 is 11.0 Å². The smallest absolute Gasteiger partial charge is 0.252 e. The summed E-state index contributed by atoms with van der Waals surface area (Å²) in [6, 6.07) is 8.28. The average molecular weight is 524 g/mol. The van der Waals surface area contributed by atoms with Gasteiger partial charge in [0.25, 0.3) is 5.91 Å². The van der Waals surface area contributed by atoms with Gasteiger partial charge in [0.2, 0.25) is 0 Å². The molecule has 5 rings (SSSR count). The van der Waals surface area contributed by atoms with Crippen LogP contribution in [0, 0.1) is 6.92 Å². The SMILES string of the molecule is Cc1ncnc2c1ncn2-c1cc(C(=O)NC(C)(C)COc2cccc3c2C(N)=NS(O)(O)N3)ccn1. The number of ether oxygens (including phenoxy) is 1. The van der Waals surface area contributed by atoms with E-state index in [0.717, 1.165) is 5.69 Å². The number of pyridine rings is 1. The van der Waals surface area contributed by atoms with Crippen molar-refractivity contribution in [1.29, 1.82) is 0 Å². The number of nitrogens with zero attached hydrogens (tertiary/aromatic N) is 6. The van der Waals surface area contributed by atoms with Crippen molar-refractivity contribution < 1.29 is 18.6 Å². The van der Waals surface area contributed by atoms with Crippen molar-refractivity contribution in [2.24, 2.45) is 10.1 Å². The van der Waals surface area contributed by atoms with Crippen LogP contribution in [0.4, 0.5) is 5.69 Å². The van der Waals surface area contributed by atoms with Crippen LogP contribution in [0.3, 0.4) is 0 Å². The Balaban J connectivity index is 1.32. The van der Waals surface area contributed by atoms with Gasteiger partial charge in [-0.1, -0.05) is 6.07 Å². The van der Waals surface area contributed by atoms with Crippen molar-refractivity contribution in [2.45, 2.75) is 26.3 Å². The zero-order chi connectivity index (χ0) is 26.4. The van der Waals surface area contributed by atoms with Gasteiger partial charge in [0, 0.05) is 11.8 Å². The number of anilines is 1. The van der Waals surface area contributed by atoms with Gasteiger partial charge in [0.15, 0.2) is 11.5 Å². The number of hydrogen-bond acceptors (Lipinski definition) is 11. The Morgan fingerprint density at radius 2 is 2.03 bits per heavy atom. The third-order valence-electron chi connectivity index (χ3n) is 5.57. The minimum atomic E-state index is -3.40. The molecule has 0 aliphatic carbocycles. The van der Waals surface area contributed by atoms with Crippen LogP contribution in [0.15, 0.2) is 53.6 Å². The lowest BCUT2D eigenvalue weighted by atomic mass is 10.1. The third-order valence-corrected chi connectivity index (χ3v) is 6.51. The van der Waals surface area contributed by atoms with E-state index in [1.807, 2.05) is 20.8 Å². The first kappa shape index (κ1) is 24.4. The number of benzene rings is 1. The molecular formula is C23H25N9O4S.